The van der Waals surface area contributed by atoms with Crippen molar-refractivity contribution in [1.82, 2.24) is 4.98 Å². The molecule has 0 bridgehead atoms. The number of nitrogens with zero attached hydrogens (tertiary/aromatic N) is 1. The van der Waals surface area contributed by atoms with Crippen LogP contribution in [-0.4, -0.2) is 23.5 Å². The van der Waals surface area contributed by atoms with Gasteiger partial charge in [0.25, 0.3) is 0 Å². The van der Waals surface area contributed by atoms with Crippen LogP contribution in [-0.2, 0) is 0 Å². The summed E-state index contributed by atoms with van der Waals surface area (Å²) in [4.78, 5) is 15.4. The second-order valence-electron chi connectivity index (χ2n) is 5.13. The van der Waals surface area contributed by atoms with Gasteiger partial charge in [-0.15, -0.1) is 0 Å². The third-order valence-corrected chi connectivity index (χ3v) is 3.31. The number of aliphatic hydroxyl groups excluding tert-OH is 1. The highest BCUT2D eigenvalue weighted by Crippen LogP contribution is 2.25. The van der Waals surface area contributed by atoms with Crippen LogP contribution in [0.1, 0.15) is 16.1 Å². The Morgan fingerprint density at radius 3 is 2.08 bits per heavy atom. The van der Waals surface area contributed by atoms with Gasteiger partial charge in [-0.05, 0) is 67.6 Å². The van der Waals surface area contributed by atoms with Crippen LogP contribution in [0.15, 0.2) is 60.7 Å². The van der Waals surface area contributed by atoms with Crippen LogP contribution >= 0.6 is 0 Å². The van der Waals surface area contributed by atoms with Gasteiger partial charge in [-0.25, -0.2) is 4.39 Å². The number of pyridine rings is 1. The number of carbonyl (C=O) groups excluding carboxylic acids is 1. The summed E-state index contributed by atoms with van der Waals surface area (Å²) in [6.45, 7) is 1.85. The zero-order valence-electron chi connectivity index (χ0n) is 13.9. The molecule has 128 valence electrons. The van der Waals surface area contributed by atoms with Crippen LogP contribution < -0.4 is 4.74 Å². The number of ether oxygens (including phenoxy) is 1. The highest BCUT2D eigenvalue weighted by molar-refractivity contribution is 5.78. The van der Waals surface area contributed by atoms with Crippen LogP contribution in [0.4, 0.5) is 4.39 Å². The number of halogens is 1. The quantitative estimate of drug-likeness (QED) is 0.715. The first-order valence-electron chi connectivity index (χ1n) is 7.56. The molecule has 0 aliphatic heterocycles. The molecule has 0 saturated carbocycles. The lowest BCUT2D eigenvalue weighted by molar-refractivity contribution is 0.112. The van der Waals surface area contributed by atoms with Gasteiger partial charge in [-0.2, -0.15) is 0 Å². The van der Waals surface area contributed by atoms with E-state index in [2.05, 4.69) is 4.98 Å². The van der Waals surface area contributed by atoms with Crippen LogP contribution in [0.25, 0.3) is 11.3 Å². The normalized spacial score (nSPS) is 9.76. The fourth-order valence-electron chi connectivity index (χ4n) is 2.24. The molecule has 0 atom stereocenters. The minimum absolute atomic E-state index is 0.302. The van der Waals surface area contributed by atoms with Crippen molar-refractivity contribution in [2.45, 2.75) is 6.92 Å². The van der Waals surface area contributed by atoms with Gasteiger partial charge in [0.2, 0.25) is 0 Å². The zero-order chi connectivity index (χ0) is 18.2. The first-order chi connectivity index (χ1) is 12.1. The number of aromatic nitrogens is 1. The molecule has 0 spiro atoms. The van der Waals surface area contributed by atoms with E-state index in [1.165, 1.54) is 12.1 Å². The van der Waals surface area contributed by atoms with Crippen molar-refractivity contribution in [2.75, 3.05) is 7.11 Å². The van der Waals surface area contributed by atoms with Gasteiger partial charge in [0.05, 0.1) is 5.69 Å². The van der Waals surface area contributed by atoms with E-state index in [1.54, 1.807) is 24.3 Å². The van der Waals surface area contributed by atoms with Gasteiger partial charge >= 0.3 is 0 Å². The van der Waals surface area contributed by atoms with E-state index in [0.29, 0.717) is 17.1 Å². The standard InChI is InChI=1S/C19H14FNO2.CH4O/c1-13-10-14(12-22)11-19(21-13)15-2-6-17(7-3-15)23-18-8-4-16(20)5-9-18;1-2/h2-12H,1H3;2H,1H3. The number of aliphatic hydroxyl groups is 1. The molecule has 0 saturated heterocycles. The van der Waals surface area contributed by atoms with Crippen molar-refractivity contribution in [3.05, 3.63) is 77.7 Å². The second kappa shape index (κ2) is 8.70. The van der Waals surface area contributed by atoms with Crippen molar-refractivity contribution in [1.29, 1.82) is 0 Å². The fourth-order valence-corrected chi connectivity index (χ4v) is 2.24. The molecule has 3 rings (SSSR count). The van der Waals surface area contributed by atoms with Crippen LogP contribution in [0.5, 0.6) is 11.5 Å². The molecular weight excluding hydrogens is 321 g/mol. The number of rotatable bonds is 4. The lowest BCUT2D eigenvalue weighted by Crippen LogP contribution is -1.91. The Labute approximate surface area is 145 Å². The molecule has 0 unspecified atom stereocenters. The molecule has 1 aromatic heterocycles. The number of hydrogen-bond donors (Lipinski definition) is 1. The lowest BCUT2D eigenvalue weighted by Gasteiger charge is -2.07. The van der Waals surface area contributed by atoms with E-state index in [4.69, 9.17) is 9.84 Å². The summed E-state index contributed by atoms with van der Waals surface area (Å²) in [5, 5.41) is 7.00. The van der Waals surface area contributed by atoms with Crippen molar-refractivity contribution in [3.63, 3.8) is 0 Å². The first kappa shape index (κ1) is 18.3. The van der Waals surface area contributed by atoms with Crippen molar-refractivity contribution >= 4 is 6.29 Å². The zero-order valence-corrected chi connectivity index (χ0v) is 13.9. The van der Waals surface area contributed by atoms with Crippen LogP contribution in [0, 0.1) is 12.7 Å². The maximum Gasteiger partial charge on any atom is 0.150 e. The van der Waals surface area contributed by atoms with Crippen molar-refractivity contribution < 1.29 is 19.0 Å². The molecule has 0 radical (unpaired) electrons. The smallest absolute Gasteiger partial charge is 0.150 e. The third-order valence-electron chi connectivity index (χ3n) is 3.31. The Balaban J connectivity index is 0.00000109. The third kappa shape index (κ3) is 4.96. The Bertz CT molecular complexity index is 831. The summed E-state index contributed by atoms with van der Waals surface area (Å²) in [5.74, 6) is 0.906. The molecule has 1 N–H and O–H groups in total. The Morgan fingerprint density at radius 1 is 0.960 bits per heavy atom. The average Bonchev–Trinajstić information content (AvgIpc) is 2.65. The number of aryl methyl sites for hydroxylation is 1. The summed E-state index contributed by atoms with van der Waals surface area (Å²) in [6.07, 6.45) is 0.810. The predicted molar refractivity (Wildman–Crippen MR) is 94.4 cm³/mol. The fraction of sp³-hybridized carbons (Fsp3) is 0.100. The van der Waals surface area contributed by atoms with Crippen molar-refractivity contribution in [3.8, 4) is 22.8 Å². The highest BCUT2D eigenvalue weighted by atomic mass is 19.1. The van der Waals surface area contributed by atoms with Gasteiger partial charge in [-0.3, -0.25) is 9.78 Å². The highest BCUT2D eigenvalue weighted by Gasteiger charge is 2.04. The molecule has 0 aliphatic carbocycles. The first-order valence-corrected chi connectivity index (χ1v) is 7.56. The van der Waals surface area contributed by atoms with E-state index >= 15 is 0 Å². The predicted octanol–water partition coefficient (Wildman–Crippen LogP) is 4.41. The second-order valence-corrected chi connectivity index (χ2v) is 5.13. The molecule has 3 aromatic rings. The number of hydrogen-bond acceptors (Lipinski definition) is 4. The molecule has 2 aromatic carbocycles. The molecule has 5 heteroatoms. The van der Waals surface area contributed by atoms with Gasteiger partial charge in [0.15, 0.2) is 0 Å². The van der Waals surface area contributed by atoms with E-state index in [-0.39, 0.29) is 5.82 Å². The van der Waals surface area contributed by atoms with E-state index in [1.807, 2.05) is 31.2 Å². The van der Waals surface area contributed by atoms with Crippen LogP contribution in [0.2, 0.25) is 0 Å². The van der Waals surface area contributed by atoms with E-state index < -0.39 is 0 Å². The van der Waals surface area contributed by atoms with Gasteiger partial charge in [0, 0.05) is 23.9 Å². The molecule has 0 aliphatic rings. The number of carbonyl (C=O) groups is 1. The van der Waals surface area contributed by atoms with Crippen molar-refractivity contribution in [2.24, 2.45) is 0 Å². The molecule has 1 heterocycles. The molecule has 4 nitrogen and oxygen atoms in total. The summed E-state index contributed by atoms with van der Waals surface area (Å²) >= 11 is 0. The molecule has 0 fully saturated rings. The van der Waals surface area contributed by atoms with E-state index in [0.717, 1.165) is 30.3 Å². The van der Waals surface area contributed by atoms with Gasteiger partial charge in [0.1, 0.15) is 23.6 Å². The SMILES string of the molecule is CO.Cc1cc(C=O)cc(-c2ccc(Oc3ccc(F)cc3)cc2)n1. The lowest BCUT2D eigenvalue weighted by atomic mass is 10.1. The summed E-state index contributed by atoms with van der Waals surface area (Å²) in [6, 6.07) is 16.7. The Morgan fingerprint density at radius 2 is 1.52 bits per heavy atom. The van der Waals surface area contributed by atoms with Gasteiger partial charge in [-0.1, -0.05) is 0 Å². The average molecular weight is 339 g/mol. The molecular formula is C20H18FNO3. The molecule has 25 heavy (non-hydrogen) atoms. The Hall–Kier alpha value is -3.05. The maximum atomic E-state index is 12.9. The summed E-state index contributed by atoms with van der Waals surface area (Å²) < 4.78 is 18.5. The van der Waals surface area contributed by atoms with Crippen LogP contribution in [0.3, 0.4) is 0 Å². The number of aldehydes is 1. The number of benzene rings is 2. The largest absolute Gasteiger partial charge is 0.457 e. The van der Waals surface area contributed by atoms with E-state index in [9.17, 15) is 9.18 Å². The minimum Gasteiger partial charge on any atom is -0.457 e. The monoisotopic (exact) mass is 339 g/mol. The summed E-state index contributed by atoms with van der Waals surface area (Å²) in [5.41, 5.74) is 3.01. The topological polar surface area (TPSA) is 59.4 Å². The molecule has 0 amide bonds. The Kier molecular flexibility index (Phi) is 6.37. The minimum atomic E-state index is -0.302. The maximum absolute atomic E-state index is 12.9. The van der Waals surface area contributed by atoms with Gasteiger partial charge < -0.3 is 9.84 Å². The summed E-state index contributed by atoms with van der Waals surface area (Å²) in [7, 11) is 1.00.